The van der Waals surface area contributed by atoms with Gasteiger partial charge in [0.1, 0.15) is 17.0 Å². The summed E-state index contributed by atoms with van der Waals surface area (Å²) in [6, 6.07) is 17.1. The molecule has 2 aliphatic rings. The smallest absolute Gasteiger partial charge is 0.264 e. The predicted molar refractivity (Wildman–Crippen MR) is 173 cm³/mol. The number of sulfonamides is 1. The molecule has 2 atom stereocenters. The number of rotatable bonds is 7. The lowest BCUT2D eigenvalue weighted by Crippen LogP contribution is -2.54. The van der Waals surface area contributed by atoms with Gasteiger partial charge < -0.3 is 4.90 Å². The third kappa shape index (κ3) is 4.87. The van der Waals surface area contributed by atoms with Crippen molar-refractivity contribution in [2.75, 3.05) is 18.5 Å². The topological polar surface area (TPSA) is 74.8 Å². The van der Waals surface area contributed by atoms with Gasteiger partial charge in [-0.05, 0) is 76.8 Å². The quantitative estimate of drug-likeness (QED) is 0.278. The lowest BCUT2D eigenvalue weighted by molar-refractivity contribution is -0.130. The van der Waals surface area contributed by atoms with E-state index in [4.69, 9.17) is 0 Å². The number of amides is 1. The number of fused-ring (bicyclic) bond motifs is 2. The Morgan fingerprint density at radius 2 is 1.50 bits per heavy atom. The summed E-state index contributed by atoms with van der Waals surface area (Å²) in [6.07, 6.45) is 1.60. The number of anilines is 1. The van der Waals surface area contributed by atoms with Gasteiger partial charge in [0.15, 0.2) is 0 Å². The van der Waals surface area contributed by atoms with Crippen LogP contribution in [0.15, 0.2) is 71.6 Å². The van der Waals surface area contributed by atoms with Crippen LogP contribution in [0.3, 0.4) is 0 Å². The number of benzene rings is 3. The molecule has 0 radical (unpaired) electrons. The summed E-state index contributed by atoms with van der Waals surface area (Å²) in [5.74, 6) is -2.36. The van der Waals surface area contributed by atoms with Crippen molar-refractivity contribution in [2.45, 2.75) is 76.5 Å². The molecule has 0 saturated heterocycles. The maximum atomic E-state index is 15.1. The first-order chi connectivity index (χ1) is 20.6. The summed E-state index contributed by atoms with van der Waals surface area (Å²) in [4.78, 5) is 29.4. The molecule has 0 bridgehead atoms. The second kappa shape index (κ2) is 11.3. The highest BCUT2D eigenvalue weighted by molar-refractivity contribution is 7.89. The van der Waals surface area contributed by atoms with E-state index in [0.29, 0.717) is 22.5 Å². The molecule has 0 aliphatic carbocycles. The molecule has 1 amide bonds. The summed E-state index contributed by atoms with van der Waals surface area (Å²) in [5, 5.41) is 0. The molecule has 1 spiro atoms. The lowest BCUT2D eigenvalue weighted by atomic mass is 9.67. The van der Waals surface area contributed by atoms with Crippen LogP contribution in [0.25, 0.3) is 5.70 Å². The fourth-order valence-electron chi connectivity index (χ4n) is 6.72. The third-order valence-electron chi connectivity index (χ3n) is 9.14. The minimum atomic E-state index is -4.27. The van der Waals surface area contributed by atoms with Gasteiger partial charge >= 0.3 is 0 Å². The van der Waals surface area contributed by atoms with Gasteiger partial charge in [-0.15, -0.1) is 0 Å². The van der Waals surface area contributed by atoms with Gasteiger partial charge in [-0.25, -0.2) is 12.8 Å². The maximum Gasteiger partial charge on any atom is 0.264 e. The average molecular weight is 617 g/mol. The second-order valence-corrected chi connectivity index (χ2v) is 14.8. The Morgan fingerprint density at radius 3 is 2.02 bits per heavy atom. The molecular formula is C36H41FN2O4S. The number of carbonyl (C=O) groups is 2. The number of ketones is 1. The largest absolute Gasteiger partial charge is 0.314 e. The molecule has 0 unspecified atom stereocenters. The molecule has 3 aromatic rings. The third-order valence-corrected chi connectivity index (χ3v) is 11.1. The number of likely N-dealkylation sites (N-methyl/N-ethyl adjacent to an activating group) is 1. The van der Waals surface area contributed by atoms with Crippen molar-refractivity contribution in [2.24, 2.45) is 5.92 Å². The molecule has 0 fully saturated rings. The summed E-state index contributed by atoms with van der Waals surface area (Å²) < 4.78 is 46.4. The monoisotopic (exact) mass is 616 g/mol. The van der Waals surface area contributed by atoms with Crippen LogP contribution >= 0.6 is 0 Å². The van der Waals surface area contributed by atoms with Crippen molar-refractivity contribution >= 4 is 33.1 Å². The maximum absolute atomic E-state index is 15.1. The van der Waals surface area contributed by atoms with Crippen LogP contribution in [0.2, 0.25) is 0 Å². The van der Waals surface area contributed by atoms with Crippen LogP contribution in [0.4, 0.5) is 10.1 Å². The van der Waals surface area contributed by atoms with Gasteiger partial charge in [0.05, 0.1) is 16.5 Å². The zero-order valence-corrected chi connectivity index (χ0v) is 27.5. The fraction of sp³-hybridized carbons (Fsp3) is 0.389. The van der Waals surface area contributed by atoms with E-state index in [2.05, 4.69) is 13.8 Å². The number of nitrogens with zero attached hydrogens (tertiary/aromatic N) is 2. The molecule has 44 heavy (non-hydrogen) atoms. The standard InChI is InChI=1S/C36H41FN2O4S/c1-21(2)26-16-28(22(3)4)34(29(17-26)23(5)6)44(42,43)39-20-31(24(7)40)36(19-33(39)25-12-10-9-11-13-25)30-18-27(37)14-15-32(30)38(8)35(36)41/h9-19,21-23,31H,20H2,1-8H3/t31-,36+/m0/s1. The molecule has 5 rings (SSSR count). The highest BCUT2D eigenvalue weighted by atomic mass is 32.2. The molecule has 232 valence electrons. The summed E-state index contributed by atoms with van der Waals surface area (Å²) >= 11 is 0. The van der Waals surface area contributed by atoms with Crippen molar-refractivity contribution < 1.29 is 22.4 Å². The van der Waals surface area contributed by atoms with Gasteiger partial charge in [-0.2, -0.15) is 0 Å². The van der Waals surface area contributed by atoms with Crippen molar-refractivity contribution in [3.05, 3.63) is 100 Å². The first-order valence-electron chi connectivity index (χ1n) is 15.2. The Labute approximate surface area is 260 Å². The first kappa shape index (κ1) is 31.6. The van der Waals surface area contributed by atoms with E-state index < -0.39 is 33.1 Å². The van der Waals surface area contributed by atoms with Crippen molar-refractivity contribution in [3.63, 3.8) is 0 Å². The molecule has 0 saturated carbocycles. The number of carbonyl (C=O) groups excluding carboxylic acids is 2. The summed E-state index contributed by atoms with van der Waals surface area (Å²) in [6.45, 7) is 13.2. The Hall–Kier alpha value is -3.78. The molecule has 2 aliphatic heterocycles. The summed E-state index contributed by atoms with van der Waals surface area (Å²) in [7, 11) is -2.67. The van der Waals surface area contributed by atoms with Gasteiger partial charge in [0.25, 0.3) is 10.0 Å². The molecule has 0 N–H and O–H groups in total. The highest BCUT2D eigenvalue weighted by Crippen LogP contribution is 2.53. The van der Waals surface area contributed by atoms with E-state index in [1.165, 1.54) is 34.3 Å². The fourth-order valence-corrected chi connectivity index (χ4v) is 8.89. The van der Waals surface area contributed by atoms with E-state index in [1.807, 2.05) is 45.9 Å². The van der Waals surface area contributed by atoms with Gasteiger partial charge in [-0.3, -0.25) is 13.9 Å². The zero-order valence-electron chi connectivity index (χ0n) is 26.7. The van der Waals surface area contributed by atoms with Crippen molar-refractivity contribution in [1.29, 1.82) is 0 Å². The Kier molecular flexibility index (Phi) is 8.12. The van der Waals surface area contributed by atoms with Crippen LogP contribution in [-0.4, -0.2) is 38.0 Å². The van der Waals surface area contributed by atoms with Crippen LogP contribution < -0.4 is 4.90 Å². The number of hydrogen-bond acceptors (Lipinski definition) is 4. The molecular weight excluding hydrogens is 575 g/mol. The van der Waals surface area contributed by atoms with E-state index in [9.17, 15) is 14.0 Å². The van der Waals surface area contributed by atoms with Gasteiger partial charge in [0, 0.05) is 19.3 Å². The Morgan fingerprint density at radius 1 is 0.909 bits per heavy atom. The van der Waals surface area contributed by atoms with Crippen LogP contribution in [-0.2, 0) is 25.0 Å². The number of halogens is 1. The van der Waals surface area contributed by atoms with E-state index in [1.54, 1.807) is 37.4 Å². The molecule has 3 aromatic carbocycles. The average Bonchev–Trinajstić information content (AvgIpc) is 3.17. The second-order valence-electron chi connectivity index (χ2n) is 13.0. The van der Waals surface area contributed by atoms with Crippen molar-refractivity contribution in [1.82, 2.24) is 4.31 Å². The van der Waals surface area contributed by atoms with Crippen LogP contribution in [0.5, 0.6) is 0 Å². The lowest BCUT2D eigenvalue weighted by Gasteiger charge is -2.43. The molecule has 2 heterocycles. The van der Waals surface area contributed by atoms with Gasteiger partial charge in [-0.1, -0.05) is 84.0 Å². The first-order valence-corrected chi connectivity index (χ1v) is 16.6. The van der Waals surface area contributed by atoms with E-state index in [0.717, 1.165) is 16.7 Å². The van der Waals surface area contributed by atoms with Crippen LogP contribution in [0, 0.1) is 11.7 Å². The SMILES string of the molecule is CC(=O)[C@@H]1CN(S(=O)(=O)c2c(C(C)C)cc(C(C)C)cc2C(C)C)C(c2ccccc2)=C[C@]12C(=O)N(C)c1ccc(F)cc12. The minimum absolute atomic E-state index is 0.0974. The van der Waals surface area contributed by atoms with E-state index >= 15 is 8.42 Å². The highest BCUT2D eigenvalue weighted by Gasteiger charge is 2.59. The van der Waals surface area contributed by atoms with Gasteiger partial charge in [0.2, 0.25) is 5.91 Å². The molecule has 6 nitrogen and oxygen atoms in total. The Bertz CT molecular complexity index is 1750. The summed E-state index contributed by atoms with van der Waals surface area (Å²) in [5.41, 5.74) is 2.66. The molecule has 8 heteroatoms. The number of Topliss-reactive ketones (excluding diaryl/α,β-unsaturated/α-hetero) is 1. The van der Waals surface area contributed by atoms with E-state index in [-0.39, 0.29) is 35.0 Å². The van der Waals surface area contributed by atoms with Crippen molar-refractivity contribution in [3.8, 4) is 0 Å². The molecule has 0 aromatic heterocycles. The number of hydrogen-bond donors (Lipinski definition) is 0. The normalized spacial score (nSPS) is 20.2. The Balaban J connectivity index is 1.86. The van der Waals surface area contributed by atoms with Crippen LogP contribution in [0.1, 0.15) is 94.0 Å². The predicted octanol–water partition coefficient (Wildman–Crippen LogP) is 7.36. The zero-order chi connectivity index (χ0) is 32.3. The minimum Gasteiger partial charge on any atom is -0.314 e.